The predicted molar refractivity (Wildman–Crippen MR) is 140 cm³/mol. The minimum Gasteiger partial charge on any atom is -0.367 e. The molecule has 0 saturated carbocycles. The summed E-state index contributed by atoms with van der Waals surface area (Å²) in [5, 5.41) is 3.11. The summed E-state index contributed by atoms with van der Waals surface area (Å²) < 4.78 is 74.9. The molecule has 0 atom stereocenters. The summed E-state index contributed by atoms with van der Waals surface area (Å²) >= 11 is 0. The highest BCUT2D eigenvalue weighted by Gasteiger charge is 2.37. The molecule has 2 aliphatic heterocycles. The number of ether oxygens (including phenoxy) is 1. The van der Waals surface area contributed by atoms with Crippen molar-refractivity contribution in [3.8, 4) is 0 Å². The monoisotopic (exact) mass is 537 g/mol. The highest BCUT2D eigenvalue weighted by Crippen LogP contribution is 2.43. The van der Waals surface area contributed by atoms with Crippen LogP contribution in [0.5, 0.6) is 0 Å². The lowest BCUT2D eigenvalue weighted by Gasteiger charge is -2.41. The van der Waals surface area contributed by atoms with Gasteiger partial charge in [-0.3, -0.25) is 4.31 Å². The van der Waals surface area contributed by atoms with Gasteiger partial charge in [0.2, 0.25) is 0 Å². The van der Waals surface area contributed by atoms with Gasteiger partial charge in [0.1, 0.15) is 0 Å². The number of anilines is 2. The largest absolute Gasteiger partial charge is 0.416 e. The third kappa shape index (κ3) is 5.81. The van der Waals surface area contributed by atoms with Gasteiger partial charge in [0.15, 0.2) is 0 Å². The van der Waals surface area contributed by atoms with Crippen LogP contribution in [0.4, 0.5) is 24.5 Å². The number of nitrogens with one attached hydrogen (secondary N) is 1. The number of sulfonamides is 1. The van der Waals surface area contributed by atoms with E-state index in [1.54, 1.807) is 0 Å². The Morgan fingerprint density at radius 1 is 1.03 bits per heavy atom. The van der Waals surface area contributed by atoms with Gasteiger partial charge in [-0.15, -0.1) is 0 Å². The molecule has 0 aliphatic carbocycles. The fourth-order valence-electron chi connectivity index (χ4n) is 5.22. The van der Waals surface area contributed by atoms with Crippen LogP contribution in [0.1, 0.15) is 45.2 Å². The van der Waals surface area contributed by atoms with Gasteiger partial charge in [-0.05, 0) is 82.3 Å². The number of alkyl halides is 3. The Bertz CT molecular complexity index is 1300. The number of hydrogen-bond acceptors (Lipinski definition) is 5. The number of likely N-dealkylation sites (N-methyl/N-ethyl adjacent to an activating group) is 1. The van der Waals surface area contributed by atoms with Crippen LogP contribution in [0.25, 0.3) is 5.57 Å². The second-order valence-electron chi connectivity index (χ2n) is 10.7. The summed E-state index contributed by atoms with van der Waals surface area (Å²) in [6.45, 7) is 9.91. The predicted octanol–water partition coefficient (Wildman–Crippen LogP) is 5.30. The molecule has 0 bridgehead atoms. The maximum Gasteiger partial charge on any atom is 0.416 e. The highest BCUT2D eigenvalue weighted by molar-refractivity contribution is 7.92. The minimum atomic E-state index is -4.64. The van der Waals surface area contributed by atoms with Crippen molar-refractivity contribution in [2.24, 2.45) is 0 Å². The van der Waals surface area contributed by atoms with Gasteiger partial charge in [0.05, 0.1) is 39.6 Å². The maximum absolute atomic E-state index is 13.7. The standard InChI is InChI=1S/C27H34F3N3O3S/c1-25(2)17-20(18-26(3,4)36-25)19-9-10-23-24(15-19)33(14-13-32(23)12-11-31-5)37(34,35)22-8-6-7-21(16-22)27(28,29)30/h6-10,15-17,31H,11-14,18H2,1-5H3. The second kappa shape index (κ2) is 9.63. The molecule has 0 amide bonds. The van der Waals surface area contributed by atoms with Crippen molar-refractivity contribution in [3.63, 3.8) is 0 Å². The first-order valence-corrected chi connectivity index (χ1v) is 13.7. The molecule has 4 rings (SSSR count). The van der Waals surface area contributed by atoms with E-state index in [-0.39, 0.29) is 11.4 Å². The highest BCUT2D eigenvalue weighted by atomic mass is 32.2. The van der Waals surface area contributed by atoms with Crippen LogP contribution >= 0.6 is 0 Å². The van der Waals surface area contributed by atoms with E-state index in [2.05, 4.69) is 10.2 Å². The summed E-state index contributed by atoms with van der Waals surface area (Å²) in [7, 11) is -2.40. The molecule has 2 aliphatic rings. The van der Waals surface area contributed by atoms with E-state index in [1.807, 2.05) is 59.0 Å². The van der Waals surface area contributed by atoms with E-state index in [0.29, 0.717) is 37.8 Å². The second-order valence-corrected chi connectivity index (χ2v) is 12.6. The molecule has 0 aromatic heterocycles. The number of benzene rings is 2. The van der Waals surface area contributed by atoms with Crippen molar-refractivity contribution in [2.45, 2.75) is 56.4 Å². The molecule has 37 heavy (non-hydrogen) atoms. The molecule has 0 unspecified atom stereocenters. The van der Waals surface area contributed by atoms with E-state index < -0.39 is 33.0 Å². The number of fused-ring (bicyclic) bond motifs is 1. The molecule has 202 valence electrons. The van der Waals surface area contributed by atoms with Gasteiger partial charge < -0.3 is 15.0 Å². The lowest BCUT2D eigenvalue weighted by molar-refractivity contribution is -0.137. The Morgan fingerprint density at radius 3 is 2.41 bits per heavy atom. The summed E-state index contributed by atoms with van der Waals surface area (Å²) in [6.07, 6.45) is -1.95. The molecule has 0 saturated heterocycles. The van der Waals surface area contributed by atoms with Crippen LogP contribution in [0.15, 0.2) is 53.4 Å². The van der Waals surface area contributed by atoms with Gasteiger partial charge in [-0.25, -0.2) is 8.42 Å². The van der Waals surface area contributed by atoms with Crippen molar-refractivity contribution >= 4 is 27.0 Å². The van der Waals surface area contributed by atoms with Gasteiger partial charge in [-0.2, -0.15) is 13.2 Å². The minimum absolute atomic E-state index is 0.123. The summed E-state index contributed by atoms with van der Waals surface area (Å²) in [5.74, 6) is 0. The SMILES string of the molecule is CNCCN1CCN(S(=O)(=O)c2cccc(C(F)(F)F)c2)c2cc(C3=CC(C)(C)OC(C)(C)C3)ccc21. The van der Waals surface area contributed by atoms with E-state index in [9.17, 15) is 21.6 Å². The van der Waals surface area contributed by atoms with Crippen molar-refractivity contribution < 1.29 is 26.3 Å². The first-order chi connectivity index (χ1) is 17.1. The molecule has 2 heterocycles. The molecular formula is C27H34F3N3O3S. The van der Waals surface area contributed by atoms with Crippen molar-refractivity contribution in [1.29, 1.82) is 0 Å². The normalized spacial score (nSPS) is 19.4. The maximum atomic E-state index is 13.7. The summed E-state index contributed by atoms with van der Waals surface area (Å²) in [4.78, 5) is 1.72. The average molecular weight is 538 g/mol. The quantitative estimate of drug-likeness (QED) is 0.542. The zero-order valence-corrected chi connectivity index (χ0v) is 22.6. The molecule has 0 fully saturated rings. The van der Waals surface area contributed by atoms with Gasteiger partial charge in [0, 0.05) is 26.1 Å². The smallest absolute Gasteiger partial charge is 0.367 e. The number of halogens is 3. The summed E-state index contributed by atoms with van der Waals surface area (Å²) in [6, 6.07) is 9.66. The molecule has 6 nitrogen and oxygen atoms in total. The number of rotatable bonds is 6. The number of hydrogen-bond donors (Lipinski definition) is 1. The van der Waals surface area contributed by atoms with Crippen LogP contribution in [0, 0.1) is 0 Å². The fourth-order valence-corrected chi connectivity index (χ4v) is 6.73. The summed E-state index contributed by atoms with van der Waals surface area (Å²) in [5.41, 5.74) is 1.18. The Morgan fingerprint density at radius 2 is 1.76 bits per heavy atom. The molecule has 0 spiro atoms. The van der Waals surface area contributed by atoms with Crippen molar-refractivity contribution in [3.05, 3.63) is 59.7 Å². The Labute approximate surface area is 217 Å². The third-order valence-corrected chi connectivity index (χ3v) is 8.40. The Hall–Kier alpha value is -2.56. The molecule has 2 aromatic rings. The Balaban J connectivity index is 1.82. The van der Waals surface area contributed by atoms with Crippen LogP contribution in [0.2, 0.25) is 0 Å². The van der Waals surface area contributed by atoms with Crippen molar-refractivity contribution in [1.82, 2.24) is 5.32 Å². The fraction of sp³-hybridized carbons (Fsp3) is 0.481. The topological polar surface area (TPSA) is 61.9 Å². The van der Waals surface area contributed by atoms with Crippen LogP contribution < -0.4 is 14.5 Å². The first-order valence-electron chi connectivity index (χ1n) is 12.3. The van der Waals surface area contributed by atoms with Gasteiger partial charge in [-0.1, -0.05) is 12.1 Å². The van der Waals surface area contributed by atoms with Crippen molar-refractivity contribution in [2.75, 3.05) is 42.4 Å². The Kier molecular flexibility index (Phi) is 7.15. The van der Waals surface area contributed by atoms with Gasteiger partial charge in [0.25, 0.3) is 10.0 Å². The number of nitrogens with zero attached hydrogens (tertiary/aromatic N) is 2. The molecule has 2 aromatic carbocycles. The van der Waals surface area contributed by atoms with E-state index in [1.165, 1.54) is 10.4 Å². The average Bonchev–Trinajstić information content (AvgIpc) is 2.79. The zero-order valence-electron chi connectivity index (χ0n) is 21.8. The van der Waals surface area contributed by atoms with E-state index >= 15 is 0 Å². The zero-order chi connectivity index (χ0) is 27.2. The third-order valence-electron chi connectivity index (χ3n) is 6.59. The van der Waals surface area contributed by atoms with Gasteiger partial charge >= 0.3 is 6.18 Å². The van der Waals surface area contributed by atoms with E-state index in [4.69, 9.17) is 4.74 Å². The molecular weight excluding hydrogens is 503 g/mol. The molecule has 0 radical (unpaired) electrons. The van der Waals surface area contributed by atoms with Crippen LogP contribution in [-0.2, 0) is 20.9 Å². The van der Waals surface area contributed by atoms with Crippen LogP contribution in [0.3, 0.4) is 0 Å². The molecule has 1 N–H and O–H groups in total. The molecule has 10 heteroatoms. The van der Waals surface area contributed by atoms with E-state index in [0.717, 1.165) is 29.0 Å². The lowest BCUT2D eigenvalue weighted by Crippen LogP contribution is -2.45. The van der Waals surface area contributed by atoms with Crippen LogP contribution in [-0.4, -0.2) is 52.8 Å². The lowest BCUT2D eigenvalue weighted by atomic mass is 9.85. The first kappa shape index (κ1) is 27.5.